The highest BCUT2D eigenvalue weighted by molar-refractivity contribution is 14.0. The lowest BCUT2D eigenvalue weighted by Gasteiger charge is -2.28. The Hall–Kier alpha value is -1.91. The molecule has 2 rings (SSSR count). The van der Waals surface area contributed by atoms with Crippen molar-refractivity contribution in [3.05, 3.63) is 23.8 Å². The highest BCUT2D eigenvalue weighted by atomic mass is 127. The second-order valence-electron chi connectivity index (χ2n) is 8.88. The molecule has 31 heavy (non-hydrogen) atoms. The number of fused-ring (bicyclic) bond motifs is 1. The summed E-state index contributed by atoms with van der Waals surface area (Å²) in [5, 5.41) is 9.39. The quantitative estimate of drug-likeness (QED) is 0.209. The molecule has 0 aliphatic carbocycles. The molecule has 0 aromatic heterocycles. The first-order valence-corrected chi connectivity index (χ1v) is 10.4. The lowest BCUT2D eigenvalue weighted by atomic mass is 9.84. The predicted octanol–water partition coefficient (Wildman–Crippen LogP) is 3.43. The Bertz CT molecular complexity index is 748. The number of hydrogen-bond donors (Lipinski definition) is 3. The van der Waals surface area contributed by atoms with Crippen molar-refractivity contribution in [2.75, 3.05) is 39.9 Å². The molecule has 0 radical (unpaired) electrons. The van der Waals surface area contributed by atoms with Gasteiger partial charge >= 0.3 is 6.09 Å². The Morgan fingerprint density at radius 3 is 2.32 bits per heavy atom. The van der Waals surface area contributed by atoms with Gasteiger partial charge in [-0.1, -0.05) is 19.9 Å². The Balaban J connectivity index is 0.00000480. The van der Waals surface area contributed by atoms with E-state index in [9.17, 15) is 4.79 Å². The second-order valence-corrected chi connectivity index (χ2v) is 8.88. The SMILES string of the molecule is CN=C(NCCCNC(=O)OC(C)(C)C)NCC(C)(C)c1ccc2c(c1)OCCO2.I. The minimum Gasteiger partial charge on any atom is -0.486 e. The molecule has 176 valence electrons. The van der Waals surface area contributed by atoms with Crippen molar-refractivity contribution >= 4 is 36.0 Å². The standard InChI is InChI=1S/C22H36N4O4.HI/c1-21(2,3)30-20(27)25-11-7-10-24-19(23-6)26-15-22(4,5)16-8-9-17-18(14-16)29-13-12-28-17;/h8-9,14H,7,10-13,15H2,1-6H3,(H,25,27)(H2,23,24,26);1H. The summed E-state index contributed by atoms with van der Waals surface area (Å²) in [7, 11) is 1.74. The molecule has 0 atom stereocenters. The van der Waals surface area contributed by atoms with Gasteiger partial charge in [-0.25, -0.2) is 4.79 Å². The molecule has 1 aromatic rings. The Kier molecular flexibility index (Phi) is 10.7. The third-order valence-electron chi connectivity index (χ3n) is 4.56. The molecule has 0 unspecified atom stereocenters. The zero-order chi connectivity index (χ0) is 22.2. The van der Waals surface area contributed by atoms with Gasteiger partial charge in [0.2, 0.25) is 0 Å². The van der Waals surface area contributed by atoms with Gasteiger partial charge < -0.3 is 30.2 Å². The minimum atomic E-state index is -0.488. The van der Waals surface area contributed by atoms with Crippen LogP contribution in [0.25, 0.3) is 0 Å². The molecule has 0 saturated carbocycles. The molecule has 3 N–H and O–H groups in total. The number of nitrogens with one attached hydrogen (secondary N) is 3. The van der Waals surface area contributed by atoms with Gasteiger partial charge in [-0.05, 0) is 44.9 Å². The van der Waals surface area contributed by atoms with Crippen LogP contribution in [-0.4, -0.2) is 57.5 Å². The van der Waals surface area contributed by atoms with Gasteiger partial charge in [-0.15, -0.1) is 24.0 Å². The monoisotopic (exact) mass is 548 g/mol. The number of hydrogen-bond acceptors (Lipinski definition) is 5. The molecule has 0 saturated heterocycles. The highest BCUT2D eigenvalue weighted by Gasteiger charge is 2.24. The van der Waals surface area contributed by atoms with E-state index in [2.05, 4.69) is 46.9 Å². The Labute approximate surface area is 202 Å². The highest BCUT2D eigenvalue weighted by Crippen LogP contribution is 2.34. The van der Waals surface area contributed by atoms with Crippen molar-refractivity contribution in [3.8, 4) is 11.5 Å². The van der Waals surface area contributed by atoms with Crippen molar-refractivity contribution < 1.29 is 19.0 Å². The first-order chi connectivity index (χ1) is 14.1. The summed E-state index contributed by atoms with van der Waals surface area (Å²) in [5.41, 5.74) is 0.542. The molecule has 1 aromatic carbocycles. The summed E-state index contributed by atoms with van der Waals surface area (Å²) in [4.78, 5) is 15.9. The van der Waals surface area contributed by atoms with Crippen molar-refractivity contribution in [1.29, 1.82) is 0 Å². The van der Waals surface area contributed by atoms with Gasteiger partial charge in [0.1, 0.15) is 18.8 Å². The topological polar surface area (TPSA) is 93.2 Å². The van der Waals surface area contributed by atoms with Gasteiger partial charge in [-0.3, -0.25) is 4.99 Å². The van der Waals surface area contributed by atoms with Crippen molar-refractivity contribution in [2.24, 2.45) is 4.99 Å². The maximum absolute atomic E-state index is 11.6. The summed E-state index contributed by atoms with van der Waals surface area (Å²) in [6.45, 7) is 12.9. The molecule has 9 heteroatoms. The third kappa shape index (κ3) is 9.40. The van der Waals surface area contributed by atoms with Crippen LogP contribution in [0.15, 0.2) is 23.2 Å². The number of ether oxygens (including phenoxy) is 3. The molecule has 1 aliphatic heterocycles. The number of benzene rings is 1. The van der Waals surface area contributed by atoms with Gasteiger partial charge in [0, 0.05) is 32.1 Å². The van der Waals surface area contributed by atoms with Gasteiger partial charge in [-0.2, -0.15) is 0 Å². The van der Waals surface area contributed by atoms with E-state index >= 15 is 0 Å². The maximum atomic E-state index is 11.6. The van der Waals surface area contributed by atoms with Gasteiger partial charge in [0.25, 0.3) is 0 Å². The number of alkyl carbamates (subject to hydrolysis) is 1. The molecule has 1 amide bonds. The van der Waals surface area contributed by atoms with E-state index in [1.807, 2.05) is 26.8 Å². The predicted molar refractivity (Wildman–Crippen MR) is 134 cm³/mol. The lowest BCUT2D eigenvalue weighted by molar-refractivity contribution is 0.0527. The van der Waals surface area contributed by atoms with E-state index in [1.165, 1.54) is 0 Å². The maximum Gasteiger partial charge on any atom is 0.407 e. The Morgan fingerprint density at radius 2 is 1.68 bits per heavy atom. The average molecular weight is 548 g/mol. The number of carbonyl (C=O) groups is 1. The second kappa shape index (κ2) is 12.2. The molecule has 1 heterocycles. The summed E-state index contributed by atoms with van der Waals surface area (Å²) in [6.07, 6.45) is 0.358. The normalized spacial score (nSPS) is 13.7. The zero-order valence-corrected chi connectivity index (χ0v) is 21.8. The van der Waals surface area contributed by atoms with E-state index in [-0.39, 0.29) is 29.4 Å². The van der Waals surface area contributed by atoms with E-state index in [0.29, 0.717) is 32.8 Å². The lowest BCUT2D eigenvalue weighted by Crippen LogP contribution is -2.44. The number of rotatable bonds is 7. The van der Waals surface area contributed by atoms with Crippen LogP contribution in [0, 0.1) is 0 Å². The summed E-state index contributed by atoms with van der Waals surface area (Å²) in [6, 6.07) is 6.10. The van der Waals surface area contributed by atoms with Crippen LogP contribution in [0.3, 0.4) is 0 Å². The molecule has 0 fully saturated rings. The van der Waals surface area contributed by atoms with Crippen LogP contribution < -0.4 is 25.4 Å². The van der Waals surface area contributed by atoms with E-state index < -0.39 is 11.7 Å². The fraction of sp³-hybridized carbons (Fsp3) is 0.636. The van der Waals surface area contributed by atoms with Gasteiger partial charge in [0.15, 0.2) is 17.5 Å². The zero-order valence-electron chi connectivity index (χ0n) is 19.5. The largest absolute Gasteiger partial charge is 0.486 e. The fourth-order valence-corrected chi connectivity index (χ4v) is 2.89. The Morgan fingerprint density at radius 1 is 1.03 bits per heavy atom. The number of carbonyl (C=O) groups excluding carboxylic acids is 1. The fourth-order valence-electron chi connectivity index (χ4n) is 2.89. The molecule has 0 bridgehead atoms. The van der Waals surface area contributed by atoms with Crippen LogP contribution in [0.5, 0.6) is 11.5 Å². The number of aliphatic imine (C=N–C) groups is 1. The van der Waals surface area contributed by atoms with E-state index in [4.69, 9.17) is 14.2 Å². The summed E-state index contributed by atoms with van der Waals surface area (Å²) < 4.78 is 16.5. The van der Waals surface area contributed by atoms with Crippen LogP contribution in [0.2, 0.25) is 0 Å². The summed E-state index contributed by atoms with van der Waals surface area (Å²) in [5.74, 6) is 2.32. The third-order valence-corrected chi connectivity index (χ3v) is 4.56. The molecular weight excluding hydrogens is 511 g/mol. The first kappa shape index (κ1) is 27.1. The number of guanidine groups is 1. The van der Waals surface area contributed by atoms with E-state index in [1.54, 1.807) is 7.05 Å². The number of nitrogens with zero attached hydrogens (tertiary/aromatic N) is 1. The van der Waals surface area contributed by atoms with Crippen molar-refractivity contribution in [1.82, 2.24) is 16.0 Å². The molecule has 0 spiro atoms. The van der Waals surface area contributed by atoms with Crippen LogP contribution in [0.1, 0.15) is 46.6 Å². The number of halogens is 1. The molecule has 1 aliphatic rings. The van der Waals surface area contributed by atoms with Gasteiger partial charge in [0.05, 0.1) is 0 Å². The van der Waals surface area contributed by atoms with Crippen LogP contribution >= 0.6 is 24.0 Å². The summed E-state index contributed by atoms with van der Waals surface area (Å²) >= 11 is 0. The van der Waals surface area contributed by atoms with Crippen molar-refractivity contribution in [3.63, 3.8) is 0 Å². The molecule has 8 nitrogen and oxygen atoms in total. The minimum absolute atomic E-state index is 0. The van der Waals surface area contributed by atoms with Crippen LogP contribution in [-0.2, 0) is 10.2 Å². The average Bonchev–Trinajstić information content (AvgIpc) is 2.68. The van der Waals surface area contributed by atoms with Crippen molar-refractivity contribution in [2.45, 2.75) is 52.1 Å². The first-order valence-electron chi connectivity index (χ1n) is 10.4. The number of amides is 1. The smallest absolute Gasteiger partial charge is 0.407 e. The van der Waals surface area contributed by atoms with Crippen LogP contribution in [0.4, 0.5) is 4.79 Å². The van der Waals surface area contributed by atoms with E-state index in [0.717, 1.165) is 29.4 Å². The molecular formula is C22H37IN4O4.